The summed E-state index contributed by atoms with van der Waals surface area (Å²) in [4.78, 5) is 35.9. The van der Waals surface area contributed by atoms with E-state index in [1.54, 1.807) is 36.4 Å². The number of carbonyl (C=O) groups is 3. The van der Waals surface area contributed by atoms with Gasteiger partial charge in [-0.3, -0.25) is 4.79 Å². The monoisotopic (exact) mass is 588 g/mol. The first kappa shape index (κ1) is 33.4. The molecule has 1 atom stereocenters. The van der Waals surface area contributed by atoms with Crippen molar-refractivity contribution in [2.45, 2.75) is 84.7 Å². The van der Waals surface area contributed by atoms with Crippen molar-refractivity contribution < 1.29 is 33.3 Å². The SMILES string of the molecule is CCCCCCC(C)OC(=O)c1ccc(OC(=O)c2ccc(-c3ccc(OCCCCCCOC(C)=O)cc3)cc2)cc1. The van der Waals surface area contributed by atoms with Gasteiger partial charge in [0, 0.05) is 6.92 Å². The zero-order valence-electron chi connectivity index (χ0n) is 25.6. The van der Waals surface area contributed by atoms with Gasteiger partial charge in [-0.25, -0.2) is 9.59 Å². The van der Waals surface area contributed by atoms with Crippen molar-refractivity contribution in [3.8, 4) is 22.6 Å². The highest BCUT2D eigenvalue weighted by molar-refractivity contribution is 5.92. The van der Waals surface area contributed by atoms with Crippen molar-refractivity contribution in [2.24, 2.45) is 0 Å². The molecule has 0 spiro atoms. The Bertz CT molecular complexity index is 1260. The number of hydrogen-bond donors (Lipinski definition) is 0. The molecule has 0 bridgehead atoms. The van der Waals surface area contributed by atoms with Crippen molar-refractivity contribution in [1.29, 1.82) is 0 Å². The van der Waals surface area contributed by atoms with Gasteiger partial charge in [0.25, 0.3) is 0 Å². The van der Waals surface area contributed by atoms with Gasteiger partial charge in [-0.05, 0) is 105 Å². The molecule has 0 aliphatic carbocycles. The minimum absolute atomic E-state index is 0.135. The number of carbonyl (C=O) groups excluding carboxylic acids is 3. The molecule has 0 N–H and O–H groups in total. The minimum atomic E-state index is -0.474. The van der Waals surface area contributed by atoms with Crippen LogP contribution >= 0.6 is 0 Å². The predicted octanol–water partition coefficient (Wildman–Crippen LogP) is 8.59. The van der Waals surface area contributed by atoms with Crippen molar-refractivity contribution in [3.63, 3.8) is 0 Å². The lowest BCUT2D eigenvalue weighted by Gasteiger charge is -2.13. The largest absolute Gasteiger partial charge is 0.494 e. The van der Waals surface area contributed by atoms with Crippen molar-refractivity contribution in [2.75, 3.05) is 13.2 Å². The molecular formula is C36H44O7. The number of rotatable bonds is 18. The van der Waals surface area contributed by atoms with Crippen LogP contribution in [0.3, 0.4) is 0 Å². The second-order valence-corrected chi connectivity index (χ2v) is 10.7. The molecular weight excluding hydrogens is 544 g/mol. The van der Waals surface area contributed by atoms with Gasteiger partial charge in [0.05, 0.1) is 30.4 Å². The molecule has 0 amide bonds. The lowest BCUT2D eigenvalue weighted by molar-refractivity contribution is -0.141. The van der Waals surface area contributed by atoms with Crippen LogP contribution in [0.5, 0.6) is 11.5 Å². The van der Waals surface area contributed by atoms with Gasteiger partial charge >= 0.3 is 17.9 Å². The standard InChI is InChI=1S/C36H44O7/c1-4-5-6-9-12-27(2)42-35(38)32-19-23-34(24-20-32)43-36(39)31-15-13-29(14-16-31)30-17-21-33(22-18-30)41-26-11-8-7-10-25-40-28(3)37/h13-24,27H,4-12,25-26H2,1-3H3. The normalized spacial score (nSPS) is 11.4. The summed E-state index contributed by atoms with van der Waals surface area (Å²) in [5, 5.41) is 0. The van der Waals surface area contributed by atoms with E-state index in [1.807, 2.05) is 43.3 Å². The highest BCUT2D eigenvalue weighted by Gasteiger charge is 2.14. The Labute approximate surface area is 255 Å². The highest BCUT2D eigenvalue weighted by atomic mass is 16.5. The summed E-state index contributed by atoms with van der Waals surface area (Å²) in [6.07, 6.45) is 9.10. The molecule has 0 radical (unpaired) electrons. The van der Waals surface area contributed by atoms with Gasteiger partial charge in [0.2, 0.25) is 0 Å². The van der Waals surface area contributed by atoms with E-state index in [0.717, 1.165) is 61.8 Å². The molecule has 0 aliphatic rings. The predicted molar refractivity (Wildman–Crippen MR) is 168 cm³/mol. The molecule has 3 rings (SSSR count). The average molecular weight is 589 g/mol. The first-order chi connectivity index (χ1) is 20.9. The summed E-state index contributed by atoms with van der Waals surface area (Å²) in [7, 11) is 0. The fraction of sp³-hybridized carbons (Fsp3) is 0.417. The molecule has 0 saturated carbocycles. The average Bonchev–Trinajstić information content (AvgIpc) is 3.01. The zero-order chi connectivity index (χ0) is 30.9. The Balaban J connectivity index is 1.41. The fourth-order valence-corrected chi connectivity index (χ4v) is 4.50. The van der Waals surface area contributed by atoms with Gasteiger partial charge in [0.1, 0.15) is 11.5 Å². The van der Waals surface area contributed by atoms with E-state index in [4.69, 9.17) is 18.9 Å². The molecule has 0 fully saturated rings. The Hall–Kier alpha value is -4.13. The lowest BCUT2D eigenvalue weighted by Crippen LogP contribution is -2.15. The van der Waals surface area contributed by atoms with Crippen LogP contribution in [-0.2, 0) is 14.3 Å². The van der Waals surface area contributed by atoms with Crippen LogP contribution in [0.1, 0.15) is 99.3 Å². The molecule has 7 heteroatoms. The smallest absolute Gasteiger partial charge is 0.343 e. The summed E-state index contributed by atoms with van der Waals surface area (Å²) < 4.78 is 21.8. The van der Waals surface area contributed by atoms with Crippen LogP contribution in [0, 0.1) is 0 Å². The molecule has 1 unspecified atom stereocenters. The number of hydrogen-bond acceptors (Lipinski definition) is 7. The minimum Gasteiger partial charge on any atom is -0.494 e. The first-order valence-electron chi connectivity index (χ1n) is 15.4. The van der Waals surface area contributed by atoms with E-state index in [2.05, 4.69) is 6.92 Å². The number of benzene rings is 3. The third-order valence-corrected chi connectivity index (χ3v) is 6.99. The summed E-state index contributed by atoms with van der Waals surface area (Å²) in [6, 6.07) is 21.5. The van der Waals surface area contributed by atoms with Gasteiger partial charge in [0.15, 0.2) is 0 Å². The van der Waals surface area contributed by atoms with Gasteiger partial charge in [-0.2, -0.15) is 0 Å². The van der Waals surface area contributed by atoms with E-state index in [1.165, 1.54) is 19.8 Å². The molecule has 0 heterocycles. The van der Waals surface area contributed by atoms with Gasteiger partial charge < -0.3 is 18.9 Å². The number of ether oxygens (including phenoxy) is 4. The maximum atomic E-state index is 12.7. The maximum absolute atomic E-state index is 12.7. The van der Waals surface area contributed by atoms with E-state index < -0.39 is 5.97 Å². The molecule has 3 aromatic rings. The molecule has 0 aliphatic heterocycles. The third-order valence-electron chi connectivity index (χ3n) is 6.99. The topological polar surface area (TPSA) is 88.1 Å². The first-order valence-corrected chi connectivity index (χ1v) is 15.4. The van der Waals surface area contributed by atoms with E-state index in [0.29, 0.717) is 30.1 Å². The second kappa shape index (κ2) is 18.4. The molecule has 7 nitrogen and oxygen atoms in total. The van der Waals surface area contributed by atoms with Crippen LogP contribution in [0.15, 0.2) is 72.8 Å². The van der Waals surface area contributed by atoms with E-state index >= 15 is 0 Å². The van der Waals surface area contributed by atoms with E-state index in [-0.39, 0.29) is 18.0 Å². The highest BCUT2D eigenvalue weighted by Crippen LogP contribution is 2.24. The van der Waals surface area contributed by atoms with Gasteiger partial charge in [-0.15, -0.1) is 0 Å². The Morgan fingerprint density at radius 2 is 1.16 bits per heavy atom. The number of unbranched alkanes of at least 4 members (excludes halogenated alkanes) is 6. The van der Waals surface area contributed by atoms with Crippen LogP contribution in [0.25, 0.3) is 11.1 Å². The Morgan fingerprint density at radius 1 is 0.628 bits per heavy atom. The Kier molecular flexibility index (Phi) is 14.3. The van der Waals surface area contributed by atoms with Crippen LogP contribution in [-0.4, -0.2) is 37.2 Å². The van der Waals surface area contributed by atoms with Crippen LogP contribution in [0.4, 0.5) is 0 Å². The molecule has 43 heavy (non-hydrogen) atoms. The molecule has 230 valence electrons. The lowest BCUT2D eigenvalue weighted by atomic mass is 10.0. The third kappa shape index (κ3) is 12.3. The summed E-state index contributed by atoms with van der Waals surface area (Å²) in [6.45, 7) is 6.62. The summed E-state index contributed by atoms with van der Waals surface area (Å²) in [5.74, 6) is 0.0801. The fourth-order valence-electron chi connectivity index (χ4n) is 4.50. The van der Waals surface area contributed by atoms with Crippen LogP contribution in [0.2, 0.25) is 0 Å². The summed E-state index contributed by atoms with van der Waals surface area (Å²) >= 11 is 0. The summed E-state index contributed by atoms with van der Waals surface area (Å²) in [5.41, 5.74) is 2.83. The maximum Gasteiger partial charge on any atom is 0.343 e. The quantitative estimate of drug-likeness (QED) is 0.0835. The van der Waals surface area contributed by atoms with E-state index in [9.17, 15) is 14.4 Å². The van der Waals surface area contributed by atoms with Crippen molar-refractivity contribution in [1.82, 2.24) is 0 Å². The van der Waals surface area contributed by atoms with Crippen LogP contribution < -0.4 is 9.47 Å². The van der Waals surface area contributed by atoms with Crippen molar-refractivity contribution >= 4 is 17.9 Å². The van der Waals surface area contributed by atoms with Gasteiger partial charge in [-0.1, -0.05) is 50.5 Å². The zero-order valence-corrected chi connectivity index (χ0v) is 25.6. The Morgan fingerprint density at radius 3 is 1.79 bits per heavy atom. The van der Waals surface area contributed by atoms with Crippen molar-refractivity contribution in [3.05, 3.63) is 83.9 Å². The molecule has 0 saturated heterocycles. The molecule has 3 aromatic carbocycles. The second-order valence-electron chi connectivity index (χ2n) is 10.7. The number of esters is 3. The molecule has 0 aromatic heterocycles.